The van der Waals surface area contributed by atoms with Crippen molar-refractivity contribution in [1.29, 1.82) is 0 Å². The molecule has 2 aromatic carbocycles. The molecule has 0 radical (unpaired) electrons. The first-order valence-corrected chi connectivity index (χ1v) is 13.0. The quantitative estimate of drug-likeness (QED) is 0.372. The third-order valence-corrected chi connectivity index (χ3v) is 7.34. The van der Waals surface area contributed by atoms with Crippen LogP contribution in [0.4, 0.5) is 5.13 Å². The zero-order chi connectivity index (χ0) is 23.0. The maximum absolute atomic E-state index is 12.4. The fraction of sp³-hybridized carbons (Fsp3) is 0.217. The van der Waals surface area contributed by atoms with Crippen molar-refractivity contribution in [3.8, 4) is 11.3 Å². The summed E-state index contributed by atoms with van der Waals surface area (Å²) in [5.74, 6) is -0.193. The van der Waals surface area contributed by atoms with Crippen LogP contribution in [0.15, 0.2) is 65.0 Å². The van der Waals surface area contributed by atoms with E-state index in [-0.39, 0.29) is 23.3 Å². The van der Waals surface area contributed by atoms with Crippen LogP contribution in [-0.4, -0.2) is 46.6 Å². The van der Waals surface area contributed by atoms with Crippen LogP contribution >= 0.6 is 34.4 Å². The Morgan fingerprint density at radius 1 is 1.12 bits per heavy atom. The average molecular weight is 499 g/mol. The second kappa shape index (κ2) is 11.4. The Bertz CT molecular complexity index is 1310. The molecule has 0 saturated carbocycles. The van der Waals surface area contributed by atoms with Crippen molar-refractivity contribution in [2.45, 2.75) is 6.54 Å². The number of carbonyl (C=O) groups is 2. The van der Waals surface area contributed by atoms with Crippen molar-refractivity contribution in [3.05, 3.63) is 64.8 Å². The molecule has 2 aromatic heterocycles. The Hall–Kier alpha value is -2.79. The first kappa shape index (κ1) is 23.4. The third kappa shape index (κ3) is 6.17. The maximum atomic E-state index is 12.4. The second-order valence-corrected chi connectivity index (χ2v) is 9.80. The third-order valence-electron chi connectivity index (χ3n) is 4.61. The minimum atomic E-state index is -0.272. The lowest BCUT2D eigenvalue weighted by atomic mass is 10.2. The predicted octanol–water partition coefficient (Wildman–Crippen LogP) is 4.27. The van der Waals surface area contributed by atoms with Gasteiger partial charge in [-0.2, -0.15) is 4.99 Å². The van der Waals surface area contributed by atoms with Crippen LogP contribution in [0.2, 0.25) is 0 Å². The number of anilines is 1. The molecule has 1 N–H and O–H groups in total. The van der Waals surface area contributed by atoms with Gasteiger partial charge < -0.3 is 14.6 Å². The first-order valence-electron chi connectivity index (χ1n) is 10.2. The number of rotatable bonds is 9. The Morgan fingerprint density at radius 2 is 1.91 bits per heavy atom. The van der Waals surface area contributed by atoms with E-state index in [2.05, 4.69) is 15.3 Å². The second-order valence-electron chi connectivity index (χ2n) is 6.95. The number of amides is 2. The molecule has 0 aliphatic heterocycles. The van der Waals surface area contributed by atoms with Gasteiger partial charge in [-0.25, -0.2) is 4.98 Å². The molecule has 0 aliphatic carbocycles. The molecule has 0 aliphatic rings. The van der Waals surface area contributed by atoms with E-state index in [1.54, 1.807) is 7.11 Å². The molecule has 0 fully saturated rings. The number of fused-ring (bicyclic) bond motifs is 1. The number of aromatic nitrogens is 2. The lowest BCUT2D eigenvalue weighted by Gasteiger charge is -2.04. The van der Waals surface area contributed by atoms with Crippen LogP contribution in [0.5, 0.6) is 0 Å². The van der Waals surface area contributed by atoms with Gasteiger partial charge in [-0.15, -0.1) is 23.1 Å². The SMILES string of the molecule is COCCn1c(=NC(=O)CSCC(=O)Nc2nc(-c3ccccc3)cs2)sc2ccccc21. The number of thiazole rings is 2. The van der Waals surface area contributed by atoms with Gasteiger partial charge in [0.15, 0.2) is 9.93 Å². The summed E-state index contributed by atoms with van der Waals surface area (Å²) in [6.45, 7) is 1.14. The number of nitrogens with zero attached hydrogens (tertiary/aromatic N) is 3. The smallest absolute Gasteiger partial charge is 0.258 e. The molecule has 0 bridgehead atoms. The summed E-state index contributed by atoms with van der Waals surface area (Å²) < 4.78 is 8.25. The van der Waals surface area contributed by atoms with Gasteiger partial charge in [-0.05, 0) is 12.1 Å². The summed E-state index contributed by atoms with van der Waals surface area (Å²) in [6, 6.07) is 17.7. The zero-order valence-corrected chi connectivity index (χ0v) is 20.3. The van der Waals surface area contributed by atoms with E-state index in [1.807, 2.05) is 64.5 Å². The molecule has 10 heteroatoms. The molecule has 0 atom stereocenters. The van der Waals surface area contributed by atoms with Gasteiger partial charge in [0.05, 0.1) is 34.0 Å². The van der Waals surface area contributed by atoms with Gasteiger partial charge in [-0.1, -0.05) is 53.8 Å². The molecule has 0 unspecified atom stereocenters. The normalized spacial score (nSPS) is 11.7. The molecule has 2 amide bonds. The van der Waals surface area contributed by atoms with Gasteiger partial charge in [-0.3, -0.25) is 9.59 Å². The number of para-hydroxylation sites is 1. The van der Waals surface area contributed by atoms with Gasteiger partial charge in [0.2, 0.25) is 5.91 Å². The van der Waals surface area contributed by atoms with Gasteiger partial charge in [0.1, 0.15) is 0 Å². The summed E-state index contributed by atoms with van der Waals surface area (Å²) >= 11 is 4.08. The van der Waals surface area contributed by atoms with E-state index in [0.717, 1.165) is 21.5 Å². The van der Waals surface area contributed by atoms with Crippen molar-refractivity contribution in [2.24, 2.45) is 4.99 Å². The number of methoxy groups -OCH3 is 1. The Balaban J connectivity index is 1.33. The molecule has 0 spiro atoms. The molecule has 33 heavy (non-hydrogen) atoms. The van der Waals surface area contributed by atoms with E-state index in [0.29, 0.717) is 23.1 Å². The molecular formula is C23H22N4O3S3. The van der Waals surface area contributed by atoms with Gasteiger partial charge in [0, 0.05) is 24.6 Å². The molecule has 170 valence electrons. The molecule has 2 heterocycles. The highest BCUT2D eigenvalue weighted by molar-refractivity contribution is 8.00. The number of thioether (sulfide) groups is 1. The standard InChI is InChI=1S/C23H22N4O3S3/c1-30-12-11-27-18-9-5-6-10-19(18)33-23(27)26-21(29)15-31-14-20(28)25-22-24-17(13-32-22)16-7-3-2-4-8-16/h2-10,13H,11-12,14-15H2,1H3,(H,24,25,28). The Morgan fingerprint density at radius 3 is 2.73 bits per heavy atom. The van der Waals surface area contributed by atoms with Crippen LogP contribution in [-0.2, 0) is 20.9 Å². The molecule has 4 aromatic rings. The van der Waals surface area contributed by atoms with Crippen LogP contribution in [0.25, 0.3) is 21.5 Å². The van der Waals surface area contributed by atoms with Crippen molar-refractivity contribution in [1.82, 2.24) is 9.55 Å². The van der Waals surface area contributed by atoms with Crippen LogP contribution in [0.3, 0.4) is 0 Å². The first-order chi connectivity index (χ1) is 16.1. The topological polar surface area (TPSA) is 85.6 Å². The lowest BCUT2D eigenvalue weighted by molar-refractivity contribution is -0.115. The number of hydrogen-bond acceptors (Lipinski definition) is 7. The lowest BCUT2D eigenvalue weighted by Crippen LogP contribution is -2.20. The monoisotopic (exact) mass is 498 g/mol. The minimum Gasteiger partial charge on any atom is -0.383 e. The van der Waals surface area contributed by atoms with Gasteiger partial charge in [0.25, 0.3) is 5.91 Å². The maximum Gasteiger partial charge on any atom is 0.258 e. The minimum absolute atomic E-state index is 0.124. The van der Waals surface area contributed by atoms with E-state index < -0.39 is 0 Å². The molecule has 0 saturated heterocycles. The molecule has 4 rings (SSSR count). The van der Waals surface area contributed by atoms with Crippen molar-refractivity contribution >= 4 is 61.6 Å². The fourth-order valence-electron chi connectivity index (χ4n) is 3.10. The summed E-state index contributed by atoms with van der Waals surface area (Å²) in [4.78, 5) is 34.1. The summed E-state index contributed by atoms with van der Waals surface area (Å²) in [6.07, 6.45) is 0. The predicted molar refractivity (Wildman–Crippen MR) is 136 cm³/mol. The van der Waals surface area contributed by atoms with Crippen molar-refractivity contribution < 1.29 is 14.3 Å². The van der Waals surface area contributed by atoms with E-state index in [1.165, 1.54) is 34.4 Å². The largest absolute Gasteiger partial charge is 0.383 e. The highest BCUT2D eigenvalue weighted by Crippen LogP contribution is 2.24. The summed E-state index contributed by atoms with van der Waals surface area (Å²) in [7, 11) is 1.65. The number of carbonyl (C=O) groups excluding carboxylic acids is 2. The van der Waals surface area contributed by atoms with Crippen LogP contribution in [0, 0.1) is 0 Å². The Kier molecular flexibility index (Phi) is 8.05. The number of ether oxygens (including phenoxy) is 1. The summed E-state index contributed by atoms with van der Waals surface area (Å²) in [5, 5.41) is 5.24. The van der Waals surface area contributed by atoms with Crippen molar-refractivity contribution in [2.75, 3.05) is 30.5 Å². The molecule has 7 nitrogen and oxygen atoms in total. The highest BCUT2D eigenvalue weighted by Gasteiger charge is 2.11. The van der Waals surface area contributed by atoms with E-state index in [4.69, 9.17) is 4.74 Å². The number of benzene rings is 2. The highest BCUT2D eigenvalue weighted by atomic mass is 32.2. The van der Waals surface area contributed by atoms with E-state index in [9.17, 15) is 9.59 Å². The number of nitrogens with one attached hydrogen (secondary N) is 1. The fourth-order valence-corrected chi connectivity index (χ4v) is 5.51. The van der Waals surface area contributed by atoms with Crippen LogP contribution < -0.4 is 10.1 Å². The zero-order valence-electron chi connectivity index (χ0n) is 17.9. The number of hydrogen-bond donors (Lipinski definition) is 1. The Labute approximate surface area is 203 Å². The van der Waals surface area contributed by atoms with E-state index >= 15 is 0 Å². The van der Waals surface area contributed by atoms with Crippen molar-refractivity contribution in [3.63, 3.8) is 0 Å². The van der Waals surface area contributed by atoms with Crippen LogP contribution in [0.1, 0.15) is 0 Å². The molecular weight excluding hydrogens is 476 g/mol. The van der Waals surface area contributed by atoms with Gasteiger partial charge >= 0.3 is 0 Å². The average Bonchev–Trinajstić information content (AvgIpc) is 3.42. The summed E-state index contributed by atoms with van der Waals surface area (Å²) in [5.41, 5.74) is 2.85.